The Morgan fingerprint density at radius 2 is 2.05 bits per heavy atom. The van der Waals surface area contributed by atoms with E-state index in [1.807, 2.05) is 30.3 Å². The van der Waals surface area contributed by atoms with Gasteiger partial charge in [-0.1, -0.05) is 6.07 Å². The van der Waals surface area contributed by atoms with Gasteiger partial charge in [0.15, 0.2) is 6.61 Å². The molecule has 0 radical (unpaired) electrons. The lowest BCUT2D eigenvalue weighted by Crippen LogP contribution is -1.96. The lowest BCUT2D eigenvalue weighted by Gasteiger charge is -2.04. The van der Waals surface area contributed by atoms with Crippen LogP contribution in [0.5, 0.6) is 5.75 Å². The van der Waals surface area contributed by atoms with E-state index in [4.69, 9.17) is 14.9 Å². The lowest BCUT2D eigenvalue weighted by molar-refractivity contribution is 0.259. The van der Waals surface area contributed by atoms with Gasteiger partial charge in [0, 0.05) is 11.6 Å². The second-order valence-electron chi connectivity index (χ2n) is 3.94. The molecule has 1 aromatic carbocycles. The van der Waals surface area contributed by atoms with E-state index in [-0.39, 0.29) is 13.2 Å². The van der Waals surface area contributed by atoms with Crippen molar-refractivity contribution in [3.8, 4) is 5.75 Å². The molecule has 96 valence electrons. The van der Waals surface area contributed by atoms with Gasteiger partial charge < -0.3 is 14.9 Å². The Morgan fingerprint density at radius 3 is 2.89 bits per heavy atom. The molecule has 0 atom stereocenters. The van der Waals surface area contributed by atoms with Gasteiger partial charge in [0.2, 0.25) is 5.89 Å². The minimum atomic E-state index is 0.221. The third kappa shape index (κ3) is 2.53. The maximum absolute atomic E-state index is 5.59. The van der Waals surface area contributed by atoms with Gasteiger partial charge in [-0.25, -0.2) is 0 Å². The first-order valence-corrected chi connectivity index (χ1v) is 5.84. The highest BCUT2D eigenvalue weighted by Crippen LogP contribution is 2.19. The van der Waals surface area contributed by atoms with E-state index < -0.39 is 0 Å². The van der Waals surface area contributed by atoms with Gasteiger partial charge in [0.05, 0.1) is 12.1 Å². The van der Waals surface area contributed by atoms with E-state index in [9.17, 15) is 0 Å². The van der Waals surface area contributed by atoms with Crippen LogP contribution in [0.2, 0.25) is 0 Å². The lowest BCUT2D eigenvalue weighted by atomic mass is 10.2. The Labute approximate surface area is 109 Å². The zero-order chi connectivity index (χ0) is 13.1. The maximum atomic E-state index is 5.59. The molecule has 0 saturated carbocycles. The van der Waals surface area contributed by atoms with Crippen LogP contribution in [0.3, 0.4) is 0 Å². The molecular formula is C13H12N4O2. The molecule has 3 aromatic rings. The molecule has 0 spiro atoms. The van der Waals surface area contributed by atoms with Crippen LogP contribution in [-0.2, 0) is 13.2 Å². The average Bonchev–Trinajstić information content (AvgIpc) is 2.93. The van der Waals surface area contributed by atoms with Crippen molar-refractivity contribution in [2.24, 2.45) is 5.73 Å². The number of pyridine rings is 1. The number of fused-ring (bicyclic) bond motifs is 1. The highest BCUT2D eigenvalue weighted by molar-refractivity contribution is 5.79. The number of nitrogens with two attached hydrogens (primary N) is 1. The van der Waals surface area contributed by atoms with Crippen LogP contribution in [0.15, 0.2) is 40.9 Å². The Kier molecular flexibility index (Phi) is 3.07. The van der Waals surface area contributed by atoms with Gasteiger partial charge in [-0.2, -0.15) is 0 Å². The van der Waals surface area contributed by atoms with Crippen molar-refractivity contribution in [1.82, 2.24) is 15.2 Å². The third-order valence-corrected chi connectivity index (χ3v) is 2.62. The van der Waals surface area contributed by atoms with E-state index in [0.29, 0.717) is 11.8 Å². The molecule has 6 nitrogen and oxygen atoms in total. The molecule has 0 aliphatic heterocycles. The number of ether oxygens (including phenoxy) is 1. The highest BCUT2D eigenvalue weighted by atomic mass is 16.5. The Bertz CT molecular complexity index is 696. The van der Waals surface area contributed by atoms with E-state index in [1.165, 1.54) is 0 Å². The zero-order valence-corrected chi connectivity index (χ0v) is 10.1. The molecule has 0 aliphatic carbocycles. The molecule has 2 N–H and O–H groups in total. The van der Waals surface area contributed by atoms with Crippen molar-refractivity contribution in [1.29, 1.82) is 0 Å². The topological polar surface area (TPSA) is 87.1 Å². The quantitative estimate of drug-likeness (QED) is 0.763. The molecule has 0 bridgehead atoms. The maximum Gasteiger partial charge on any atom is 0.253 e. The van der Waals surface area contributed by atoms with Gasteiger partial charge in [-0.3, -0.25) is 4.98 Å². The van der Waals surface area contributed by atoms with Crippen LogP contribution in [-0.4, -0.2) is 15.2 Å². The first kappa shape index (κ1) is 11.6. The summed E-state index contributed by atoms with van der Waals surface area (Å²) in [6.45, 7) is 0.452. The summed E-state index contributed by atoms with van der Waals surface area (Å²) in [6, 6.07) is 9.55. The zero-order valence-electron chi connectivity index (χ0n) is 10.1. The van der Waals surface area contributed by atoms with Crippen molar-refractivity contribution in [3.63, 3.8) is 0 Å². The summed E-state index contributed by atoms with van der Waals surface area (Å²) in [6.07, 6.45) is 1.76. The summed E-state index contributed by atoms with van der Waals surface area (Å²) < 4.78 is 10.9. The molecule has 0 amide bonds. The predicted octanol–water partition coefficient (Wildman–Crippen LogP) is 1.66. The second kappa shape index (κ2) is 5.03. The molecule has 0 aliphatic rings. The summed E-state index contributed by atoms with van der Waals surface area (Å²) >= 11 is 0. The fraction of sp³-hybridized carbons (Fsp3) is 0.154. The molecule has 0 fully saturated rings. The largest absolute Gasteiger partial charge is 0.484 e. The smallest absolute Gasteiger partial charge is 0.253 e. The Hall–Kier alpha value is -2.47. The standard InChI is InChI=1S/C13H12N4O2/c14-7-12-16-17-13(19-12)8-18-10-3-4-11-9(6-10)2-1-5-15-11/h1-6H,7-8,14H2. The van der Waals surface area contributed by atoms with Crippen LogP contribution in [0.1, 0.15) is 11.8 Å². The summed E-state index contributed by atoms with van der Waals surface area (Å²) in [5.41, 5.74) is 6.32. The van der Waals surface area contributed by atoms with Crippen molar-refractivity contribution < 1.29 is 9.15 Å². The van der Waals surface area contributed by atoms with Crippen LogP contribution >= 0.6 is 0 Å². The summed E-state index contributed by atoms with van der Waals surface area (Å²) in [5, 5.41) is 8.62. The summed E-state index contributed by atoms with van der Waals surface area (Å²) in [7, 11) is 0. The van der Waals surface area contributed by atoms with Gasteiger partial charge in [-0.05, 0) is 24.3 Å². The number of aromatic nitrogens is 3. The number of benzene rings is 1. The third-order valence-electron chi connectivity index (χ3n) is 2.62. The molecular weight excluding hydrogens is 244 g/mol. The van der Waals surface area contributed by atoms with Crippen molar-refractivity contribution in [2.75, 3.05) is 0 Å². The van der Waals surface area contributed by atoms with Gasteiger partial charge >= 0.3 is 0 Å². The minimum absolute atomic E-state index is 0.221. The average molecular weight is 256 g/mol. The van der Waals surface area contributed by atoms with E-state index >= 15 is 0 Å². The summed E-state index contributed by atoms with van der Waals surface area (Å²) in [4.78, 5) is 4.24. The fourth-order valence-corrected chi connectivity index (χ4v) is 1.72. The second-order valence-corrected chi connectivity index (χ2v) is 3.94. The van der Waals surface area contributed by atoms with Crippen LogP contribution in [0.4, 0.5) is 0 Å². The fourth-order valence-electron chi connectivity index (χ4n) is 1.72. The first-order valence-electron chi connectivity index (χ1n) is 5.84. The molecule has 0 saturated heterocycles. The monoisotopic (exact) mass is 256 g/mol. The predicted molar refractivity (Wildman–Crippen MR) is 68.3 cm³/mol. The number of hydrogen-bond acceptors (Lipinski definition) is 6. The van der Waals surface area contributed by atoms with Crippen LogP contribution < -0.4 is 10.5 Å². The minimum Gasteiger partial charge on any atom is -0.484 e. The number of hydrogen-bond donors (Lipinski definition) is 1. The molecule has 6 heteroatoms. The molecule has 0 unspecified atom stereocenters. The highest BCUT2D eigenvalue weighted by Gasteiger charge is 2.05. The molecule has 19 heavy (non-hydrogen) atoms. The normalized spacial score (nSPS) is 10.8. The van der Waals surface area contributed by atoms with E-state index in [0.717, 1.165) is 16.7 Å². The van der Waals surface area contributed by atoms with Crippen molar-refractivity contribution in [2.45, 2.75) is 13.2 Å². The summed E-state index contributed by atoms with van der Waals surface area (Å²) in [5.74, 6) is 1.54. The number of nitrogens with zero attached hydrogens (tertiary/aromatic N) is 3. The Balaban J connectivity index is 1.74. The van der Waals surface area contributed by atoms with Crippen molar-refractivity contribution in [3.05, 3.63) is 48.3 Å². The molecule has 2 heterocycles. The van der Waals surface area contributed by atoms with Crippen molar-refractivity contribution >= 4 is 10.9 Å². The van der Waals surface area contributed by atoms with Crippen LogP contribution in [0.25, 0.3) is 10.9 Å². The van der Waals surface area contributed by atoms with Gasteiger partial charge in [-0.15, -0.1) is 10.2 Å². The first-order chi connectivity index (χ1) is 9.35. The SMILES string of the molecule is NCc1nnc(COc2ccc3ncccc3c2)o1. The van der Waals surface area contributed by atoms with E-state index in [2.05, 4.69) is 15.2 Å². The van der Waals surface area contributed by atoms with E-state index in [1.54, 1.807) is 6.20 Å². The Morgan fingerprint density at radius 1 is 1.16 bits per heavy atom. The van der Waals surface area contributed by atoms with Crippen LogP contribution in [0, 0.1) is 0 Å². The van der Waals surface area contributed by atoms with Gasteiger partial charge in [0.1, 0.15) is 5.75 Å². The van der Waals surface area contributed by atoms with Gasteiger partial charge in [0.25, 0.3) is 5.89 Å². The number of rotatable bonds is 4. The molecule has 3 rings (SSSR count). The molecule has 2 aromatic heterocycles.